The molecule has 21 heavy (non-hydrogen) atoms. The van der Waals surface area contributed by atoms with Gasteiger partial charge in [-0.3, -0.25) is 10.1 Å². The van der Waals surface area contributed by atoms with Gasteiger partial charge in [0.2, 0.25) is 6.04 Å². The Morgan fingerprint density at radius 2 is 1.86 bits per heavy atom. The number of hydrogen-bond acceptors (Lipinski definition) is 4. The summed E-state index contributed by atoms with van der Waals surface area (Å²) in [5, 5.41) is 9.54. The maximum absolute atomic E-state index is 11.5. The summed E-state index contributed by atoms with van der Waals surface area (Å²) in [6.07, 6.45) is -4.72. The summed E-state index contributed by atoms with van der Waals surface area (Å²) in [5.74, 6) is -1.92. The Kier molecular flexibility index (Phi) is 8.41. The summed E-state index contributed by atoms with van der Waals surface area (Å²) in [6, 6.07) is 6.90. The number of aliphatic carboxylic acids is 1. The topological polar surface area (TPSA) is 75.6 Å². The lowest BCUT2D eigenvalue weighted by Gasteiger charge is -2.13. The number of likely N-dealkylation sites (N-methyl/N-ethyl adjacent to an activating group) is 1. The molecule has 1 unspecified atom stereocenters. The van der Waals surface area contributed by atoms with Crippen molar-refractivity contribution in [2.45, 2.75) is 18.8 Å². The molecular weight excluding hydrogens is 315 g/mol. The Balaban J connectivity index is 0.000000384. The van der Waals surface area contributed by atoms with Crippen LogP contribution in [0, 0.1) is 0 Å². The zero-order valence-corrected chi connectivity index (χ0v) is 11.6. The number of halogens is 4. The predicted octanol–water partition coefficient (Wildman–Crippen LogP) is 2.78. The normalized spacial score (nSPS) is 11.9. The van der Waals surface area contributed by atoms with Crippen LogP contribution in [0.3, 0.4) is 0 Å². The molecular formula is C12H13ClF3NO4. The van der Waals surface area contributed by atoms with Gasteiger partial charge in [0.1, 0.15) is 6.61 Å². The Labute approximate surface area is 123 Å². The molecule has 1 aromatic rings. The minimum absolute atomic E-state index is 0.239. The lowest BCUT2D eigenvalue weighted by atomic mass is 10.2. The molecule has 9 heteroatoms. The van der Waals surface area contributed by atoms with E-state index in [1.165, 1.54) is 0 Å². The summed E-state index contributed by atoms with van der Waals surface area (Å²) < 4.78 is 39.1. The Bertz CT molecular complexity index is 454. The molecule has 0 bridgehead atoms. The monoisotopic (exact) mass is 327 g/mol. The van der Waals surface area contributed by atoms with Gasteiger partial charge in [-0.2, -0.15) is 13.2 Å². The van der Waals surface area contributed by atoms with Crippen molar-refractivity contribution in [1.29, 1.82) is 0 Å². The fourth-order valence-electron chi connectivity index (χ4n) is 1.14. The maximum atomic E-state index is 11.5. The molecule has 0 fully saturated rings. The Morgan fingerprint density at radius 1 is 1.33 bits per heavy atom. The van der Waals surface area contributed by atoms with Gasteiger partial charge in [0, 0.05) is 11.6 Å². The molecule has 0 spiro atoms. The predicted molar refractivity (Wildman–Crippen MR) is 69.0 cm³/mol. The molecule has 0 radical (unpaired) electrons. The first-order valence-corrected chi connectivity index (χ1v) is 5.89. The number of ether oxygens (including phenoxy) is 1. The third-order valence-corrected chi connectivity index (χ3v) is 2.17. The van der Waals surface area contributed by atoms with Crippen LogP contribution in [0.2, 0.25) is 0 Å². The van der Waals surface area contributed by atoms with E-state index in [1.54, 1.807) is 5.32 Å². The quantitative estimate of drug-likeness (QED) is 0.832. The fourth-order valence-corrected chi connectivity index (χ4v) is 1.20. The summed E-state index contributed by atoms with van der Waals surface area (Å²) >= 11 is 4.97. The van der Waals surface area contributed by atoms with Gasteiger partial charge in [-0.1, -0.05) is 30.3 Å². The molecule has 1 atom stereocenters. The summed E-state index contributed by atoms with van der Waals surface area (Å²) in [4.78, 5) is 20.0. The fraction of sp³-hybridized carbons (Fsp3) is 0.333. The molecule has 1 aromatic carbocycles. The van der Waals surface area contributed by atoms with Gasteiger partial charge in [-0.15, -0.1) is 0 Å². The number of nitrogens with one attached hydrogen (secondary N) is 1. The van der Waals surface area contributed by atoms with E-state index in [-0.39, 0.29) is 6.61 Å². The van der Waals surface area contributed by atoms with Gasteiger partial charge >= 0.3 is 17.6 Å². The van der Waals surface area contributed by atoms with E-state index in [0.29, 0.717) is 0 Å². The number of carbonyl (C=O) groups excluding carboxylic acids is 1. The number of benzene rings is 1. The van der Waals surface area contributed by atoms with Crippen molar-refractivity contribution in [2.24, 2.45) is 0 Å². The van der Waals surface area contributed by atoms with Crippen LogP contribution in [0.15, 0.2) is 30.3 Å². The number of carboxylic acids is 1. The third-order valence-electron chi connectivity index (χ3n) is 2.06. The highest BCUT2D eigenvalue weighted by molar-refractivity contribution is 6.61. The van der Waals surface area contributed by atoms with Crippen molar-refractivity contribution < 1.29 is 32.6 Å². The molecule has 0 heterocycles. The smallest absolute Gasteiger partial charge is 0.414 e. The van der Waals surface area contributed by atoms with Crippen LogP contribution in [0.5, 0.6) is 0 Å². The van der Waals surface area contributed by atoms with Crippen molar-refractivity contribution in [2.75, 3.05) is 7.05 Å². The average molecular weight is 328 g/mol. The average Bonchev–Trinajstić information content (AvgIpc) is 2.37. The van der Waals surface area contributed by atoms with E-state index in [1.807, 2.05) is 30.3 Å². The lowest BCUT2D eigenvalue weighted by molar-refractivity contribution is -0.179. The second-order valence-electron chi connectivity index (χ2n) is 3.61. The van der Waals surface area contributed by atoms with E-state index in [2.05, 4.69) is 4.74 Å². The van der Waals surface area contributed by atoms with Crippen molar-refractivity contribution in [3.05, 3.63) is 35.9 Å². The molecule has 0 amide bonds. The first kappa shape index (κ1) is 19.2. The van der Waals surface area contributed by atoms with E-state index < -0.39 is 23.6 Å². The van der Waals surface area contributed by atoms with E-state index in [9.17, 15) is 22.8 Å². The first-order chi connectivity index (χ1) is 9.68. The minimum Gasteiger partial charge on any atom is -0.480 e. The number of alkyl halides is 3. The van der Waals surface area contributed by atoms with Gasteiger partial charge in [0.25, 0.3) is 0 Å². The highest BCUT2D eigenvalue weighted by Crippen LogP contribution is 2.19. The number of rotatable bonds is 4. The number of hydrogen-bond donors (Lipinski definition) is 2. The van der Waals surface area contributed by atoms with Crippen molar-refractivity contribution >= 4 is 23.0 Å². The molecule has 0 saturated heterocycles. The molecule has 0 aliphatic rings. The van der Waals surface area contributed by atoms with Gasteiger partial charge in [0.05, 0.1) is 0 Å². The zero-order valence-electron chi connectivity index (χ0n) is 10.9. The van der Waals surface area contributed by atoms with Crippen LogP contribution >= 0.6 is 11.6 Å². The summed E-state index contributed by atoms with van der Waals surface area (Å²) in [5.41, 5.74) is 0.162. The molecule has 2 N–H and O–H groups in total. The molecule has 0 aliphatic carbocycles. The standard InChI is InChI=1S/C8H7ClO2.C4H6F3NO2/c9-8(10)11-6-7-4-2-1-3-5-7;1-8-2(3(9)10)4(5,6)7/h1-5H,6H2;2,8H,1H3,(H,9,10). The molecule has 1 rings (SSSR count). The summed E-state index contributed by atoms with van der Waals surface area (Å²) in [7, 11) is 0.937. The van der Waals surface area contributed by atoms with Gasteiger partial charge in [0.15, 0.2) is 0 Å². The van der Waals surface area contributed by atoms with Crippen LogP contribution < -0.4 is 5.32 Å². The molecule has 0 saturated carbocycles. The van der Waals surface area contributed by atoms with Crippen LogP contribution in [-0.4, -0.2) is 35.8 Å². The lowest BCUT2D eigenvalue weighted by Crippen LogP contribution is -2.46. The molecule has 0 aliphatic heterocycles. The molecule has 118 valence electrons. The van der Waals surface area contributed by atoms with Crippen LogP contribution in [0.1, 0.15) is 5.56 Å². The van der Waals surface area contributed by atoms with Crippen LogP contribution in [0.25, 0.3) is 0 Å². The maximum Gasteiger partial charge on any atom is 0.414 e. The molecule has 5 nitrogen and oxygen atoms in total. The highest BCUT2D eigenvalue weighted by Gasteiger charge is 2.43. The largest absolute Gasteiger partial charge is 0.480 e. The Morgan fingerprint density at radius 3 is 2.14 bits per heavy atom. The van der Waals surface area contributed by atoms with Gasteiger partial charge in [-0.25, -0.2) is 4.79 Å². The Hall–Kier alpha value is -1.80. The van der Waals surface area contributed by atoms with Crippen molar-refractivity contribution in [1.82, 2.24) is 5.32 Å². The van der Waals surface area contributed by atoms with Crippen molar-refractivity contribution in [3.8, 4) is 0 Å². The van der Waals surface area contributed by atoms with E-state index >= 15 is 0 Å². The van der Waals surface area contributed by atoms with E-state index in [0.717, 1.165) is 12.6 Å². The first-order valence-electron chi connectivity index (χ1n) is 5.51. The molecule has 0 aromatic heterocycles. The second kappa shape index (κ2) is 9.19. The zero-order chi connectivity index (χ0) is 16.5. The van der Waals surface area contributed by atoms with Crippen LogP contribution in [-0.2, 0) is 16.1 Å². The number of carbonyl (C=O) groups is 2. The summed E-state index contributed by atoms with van der Waals surface area (Å²) in [6.45, 7) is 0.239. The van der Waals surface area contributed by atoms with Gasteiger partial charge < -0.3 is 9.84 Å². The van der Waals surface area contributed by atoms with E-state index in [4.69, 9.17) is 16.7 Å². The van der Waals surface area contributed by atoms with Crippen molar-refractivity contribution in [3.63, 3.8) is 0 Å². The second-order valence-corrected chi connectivity index (χ2v) is 3.92. The highest BCUT2D eigenvalue weighted by atomic mass is 35.5. The SMILES string of the molecule is CNC(C(=O)O)C(F)(F)F.O=C(Cl)OCc1ccccc1. The van der Waals surface area contributed by atoms with Crippen LogP contribution in [0.4, 0.5) is 18.0 Å². The minimum atomic E-state index is -4.72. The van der Waals surface area contributed by atoms with Gasteiger partial charge in [-0.05, 0) is 12.6 Å². The number of carboxylic acid groups (broad SMARTS) is 1. The third kappa shape index (κ3) is 8.87.